The van der Waals surface area contributed by atoms with Crippen molar-refractivity contribution in [1.29, 1.82) is 0 Å². The molecule has 1 atom stereocenters. The third-order valence-electron chi connectivity index (χ3n) is 2.87. The standard InChI is InChI=1S/C13H19NO/c1-9(2)7-12(14)10-3-4-13-11(8-10)5-6-15-13/h3-4,8-9,12H,5-7,14H2,1-2H3. The second-order valence-electron chi connectivity index (χ2n) is 4.70. The van der Waals surface area contributed by atoms with Gasteiger partial charge in [0.2, 0.25) is 0 Å². The summed E-state index contributed by atoms with van der Waals surface area (Å²) in [5, 5.41) is 0. The molecule has 0 saturated carbocycles. The Labute approximate surface area is 91.4 Å². The highest BCUT2D eigenvalue weighted by atomic mass is 16.5. The molecule has 2 rings (SSSR count). The molecule has 0 aromatic heterocycles. The van der Waals surface area contributed by atoms with Crippen molar-refractivity contribution in [2.75, 3.05) is 6.61 Å². The molecule has 1 aromatic rings. The van der Waals surface area contributed by atoms with E-state index in [0.29, 0.717) is 5.92 Å². The van der Waals surface area contributed by atoms with E-state index in [4.69, 9.17) is 10.5 Å². The monoisotopic (exact) mass is 205 g/mol. The van der Waals surface area contributed by atoms with Crippen LogP contribution in [0.3, 0.4) is 0 Å². The highest BCUT2D eigenvalue weighted by molar-refractivity contribution is 5.40. The molecule has 2 N–H and O–H groups in total. The molecule has 1 unspecified atom stereocenters. The van der Waals surface area contributed by atoms with Gasteiger partial charge in [0.25, 0.3) is 0 Å². The SMILES string of the molecule is CC(C)CC(N)c1ccc2c(c1)CCO2. The molecule has 0 amide bonds. The summed E-state index contributed by atoms with van der Waals surface area (Å²) in [7, 11) is 0. The van der Waals surface area contributed by atoms with E-state index in [9.17, 15) is 0 Å². The molecule has 82 valence electrons. The summed E-state index contributed by atoms with van der Waals surface area (Å²) in [6.45, 7) is 5.23. The van der Waals surface area contributed by atoms with Crippen molar-refractivity contribution in [1.82, 2.24) is 0 Å². The summed E-state index contributed by atoms with van der Waals surface area (Å²) < 4.78 is 5.47. The van der Waals surface area contributed by atoms with Crippen molar-refractivity contribution >= 4 is 0 Å². The molecule has 0 aliphatic carbocycles. The predicted octanol–water partition coefficient (Wildman–Crippen LogP) is 2.67. The van der Waals surface area contributed by atoms with Crippen LogP contribution < -0.4 is 10.5 Å². The van der Waals surface area contributed by atoms with Crippen LogP contribution in [0.15, 0.2) is 18.2 Å². The zero-order valence-corrected chi connectivity index (χ0v) is 9.49. The lowest BCUT2D eigenvalue weighted by atomic mass is 9.96. The van der Waals surface area contributed by atoms with Gasteiger partial charge in [0.1, 0.15) is 5.75 Å². The summed E-state index contributed by atoms with van der Waals surface area (Å²) >= 11 is 0. The lowest BCUT2D eigenvalue weighted by Crippen LogP contribution is -2.12. The Morgan fingerprint density at radius 3 is 2.93 bits per heavy atom. The maximum atomic E-state index is 6.15. The Bertz CT molecular complexity index is 346. The number of fused-ring (bicyclic) bond motifs is 1. The smallest absolute Gasteiger partial charge is 0.122 e. The van der Waals surface area contributed by atoms with Crippen molar-refractivity contribution < 1.29 is 4.74 Å². The Morgan fingerprint density at radius 1 is 1.40 bits per heavy atom. The first-order valence-electron chi connectivity index (χ1n) is 5.68. The van der Waals surface area contributed by atoms with E-state index in [1.807, 2.05) is 0 Å². The van der Waals surface area contributed by atoms with Crippen molar-refractivity contribution in [2.24, 2.45) is 11.7 Å². The Morgan fingerprint density at radius 2 is 2.20 bits per heavy atom. The highest BCUT2D eigenvalue weighted by Crippen LogP contribution is 2.29. The van der Waals surface area contributed by atoms with Gasteiger partial charge >= 0.3 is 0 Å². The molecule has 0 saturated heterocycles. The largest absolute Gasteiger partial charge is 0.493 e. The van der Waals surface area contributed by atoms with Gasteiger partial charge in [0.05, 0.1) is 6.61 Å². The lowest BCUT2D eigenvalue weighted by molar-refractivity contribution is 0.356. The first-order chi connectivity index (χ1) is 7.16. The third kappa shape index (κ3) is 2.32. The fraction of sp³-hybridized carbons (Fsp3) is 0.538. The van der Waals surface area contributed by atoms with Gasteiger partial charge in [-0.3, -0.25) is 0 Å². The molecule has 1 aliphatic heterocycles. The molecular weight excluding hydrogens is 186 g/mol. The summed E-state index contributed by atoms with van der Waals surface area (Å²) in [5.41, 5.74) is 8.70. The van der Waals surface area contributed by atoms with Crippen LogP contribution in [0.4, 0.5) is 0 Å². The topological polar surface area (TPSA) is 35.2 Å². The summed E-state index contributed by atoms with van der Waals surface area (Å²) in [5.74, 6) is 1.68. The lowest BCUT2D eigenvalue weighted by Gasteiger charge is -2.15. The van der Waals surface area contributed by atoms with Gasteiger partial charge in [0, 0.05) is 12.5 Å². The molecule has 2 nitrogen and oxygen atoms in total. The van der Waals surface area contributed by atoms with Gasteiger partial charge in [-0.1, -0.05) is 26.0 Å². The van der Waals surface area contributed by atoms with Crippen LogP contribution in [-0.4, -0.2) is 6.61 Å². The van der Waals surface area contributed by atoms with Gasteiger partial charge in [-0.15, -0.1) is 0 Å². The minimum absolute atomic E-state index is 0.163. The average Bonchev–Trinajstić information content (AvgIpc) is 2.62. The van der Waals surface area contributed by atoms with Gasteiger partial charge < -0.3 is 10.5 Å². The maximum absolute atomic E-state index is 6.15. The molecule has 1 aliphatic rings. The van der Waals surface area contributed by atoms with Crippen LogP contribution in [0.5, 0.6) is 5.75 Å². The third-order valence-corrected chi connectivity index (χ3v) is 2.87. The number of hydrogen-bond donors (Lipinski definition) is 1. The van der Waals surface area contributed by atoms with E-state index in [-0.39, 0.29) is 6.04 Å². The Balaban J connectivity index is 2.15. The van der Waals surface area contributed by atoms with Crippen LogP contribution in [0.2, 0.25) is 0 Å². The van der Waals surface area contributed by atoms with Gasteiger partial charge in [-0.25, -0.2) is 0 Å². The molecule has 15 heavy (non-hydrogen) atoms. The first kappa shape index (κ1) is 10.5. The summed E-state index contributed by atoms with van der Waals surface area (Å²) in [6, 6.07) is 6.51. The molecule has 2 heteroatoms. The number of benzene rings is 1. The Hall–Kier alpha value is -1.02. The van der Waals surface area contributed by atoms with Crippen molar-refractivity contribution in [3.63, 3.8) is 0 Å². The summed E-state index contributed by atoms with van der Waals surface area (Å²) in [6.07, 6.45) is 2.07. The van der Waals surface area contributed by atoms with E-state index in [1.54, 1.807) is 0 Å². The van der Waals surface area contributed by atoms with E-state index in [0.717, 1.165) is 25.2 Å². The van der Waals surface area contributed by atoms with Gasteiger partial charge in [0.15, 0.2) is 0 Å². The fourth-order valence-corrected chi connectivity index (χ4v) is 2.08. The molecule has 1 aromatic carbocycles. The van der Waals surface area contributed by atoms with Crippen molar-refractivity contribution in [3.05, 3.63) is 29.3 Å². The van der Waals surface area contributed by atoms with Crippen LogP contribution in [0, 0.1) is 5.92 Å². The van der Waals surface area contributed by atoms with Gasteiger partial charge in [-0.05, 0) is 29.5 Å². The van der Waals surface area contributed by atoms with Crippen molar-refractivity contribution in [3.8, 4) is 5.75 Å². The predicted molar refractivity (Wildman–Crippen MR) is 62.0 cm³/mol. The average molecular weight is 205 g/mol. The Kier molecular flexibility index (Phi) is 2.96. The number of ether oxygens (including phenoxy) is 1. The van der Waals surface area contributed by atoms with E-state index in [2.05, 4.69) is 32.0 Å². The molecule has 1 heterocycles. The normalized spacial score (nSPS) is 16.3. The molecular formula is C13H19NO. The first-order valence-corrected chi connectivity index (χ1v) is 5.68. The number of nitrogens with two attached hydrogens (primary N) is 1. The second kappa shape index (κ2) is 4.23. The molecule has 0 spiro atoms. The number of hydrogen-bond acceptors (Lipinski definition) is 2. The second-order valence-corrected chi connectivity index (χ2v) is 4.70. The maximum Gasteiger partial charge on any atom is 0.122 e. The highest BCUT2D eigenvalue weighted by Gasteiger charge is 2.15. The van der Waals surface area contributed by atoms with Crippen LogP contribution >= 0.6 is 0 Å². The zero-order valence-electron chi connectivity index (χ0n) is 9.49. The fourth-order valence-electron chi connectivity index (χ4n) is 2.08. The summed E-state index contributed by atoms with van der Waals surface area (Å²) in [4.78, 5) is 0. The molecule has 0 bridgehead atoms. The van der Waals surface area contributed by atoms with Crippen LogP contribution in [-0.2, 0) is 6.42 Å². The van der Waals surface area contributed by atoms with E-state index >= 15 is 0 Å². The molecule has 0 fully saturated rings. The quantitative estimate of drug-likeness (QED) is 0.823. The van der Waals surface area contributed by atoms with Crippen LogP contribution in [0.1, 0.15) is 37.4 Å². The molecule has 0 radical (unpaired) electrons. The minimum Gasteiger partial charge on any atom is -0.493 e. The zero-order chi connectivity index (χ0) is 10.8. The van der Waals surface area contributed by atoms with Crippen molar-refractivity contribution in [2.45, 2.75) is 32.7 Å². The minimum atomic E-state index is 0.163. The van der Waals surface area contributed by atoms with Gasteiger partial charge in [-0.2, -0.15) is 0 Å². The van der Waals surface area contributed by atoms with Crippen LogP contribution in [0.25, 0.3) is 0 Å². The van der Waals surface area contributed by atoms with E-state index in [1.165, 1.54) is 11.1 Å². The number of rotatable bonds is 3. The van der Waals surface area contributed by atoms with E-state index < -0.39 is 0 Å².